The third kappa shape index (κ3) is 4.17. The molecule has 1 N–H and O–H groups in total. The summed E-state index contributed by atoms with van der Waals surface area (Å²) in [6.45, 7) is 0. The van der Waals surface area contributed by atoms with Crippen LogP contribution in [-0.2, 0) is 11.2 Å². The predicted octanol–water partition coefficient (Wildman–Crippen LogP) is 6.08. The molecule has 0 aromatic heterocycles. The van der Waals surface area contributed by atoms with Crippen LogP contribution in [-0.4, -0.2) is 37.2 Å². The number of fused-ring (bicyclic) bond motifs is 1. The fourth-order valence-corrected chi connectivity index (χ4v) is 6.13. The van der Waals surface area contributed by atoms with Crippen molar-refractivity contribution in [2.75, 3.05) is 14.2 Å². The molecule has 2 aromatic rings. The SMILES string of the molecule is COc1ccc(-c2cccc3c2CCC3=O)c(OC(C2CCCCCC2)C2(C(=O)O)CC2)c1OC. The molecule has 0 saturated heterocycles. The summed E-state index contributed by atoms with van der Waals surface area (Å²) in [5.74, 6) is 1.07. The van der Waals surface area contributed by atoms with Gasteiger partial charge in [0, 0.05) is 17.5 Å². The highest BCUT2D eigenvalue weighted by atomic mass is 16.5. The van der Waals surface area contributed by atoms with Crippen molar-refractivity contribution in [3.8, 4) is 28.4 Å². The molecule has 2 aromatic carbocycles. The maximum Gasteiger partial charge on any atom is 0.313 e. The van der Waals surface area contributed by atoms with Crippen LogP contribution in [0.3, 0.4) is 0 Å². The molecule has 6 heteroatoms. The molecule has 0 heterocycles. The molecule has 0 amide bonds. The molecular weight excluding hydrogens is 444 g/mol. The van der Waals surface area contributed by atoms with E-state index in [0.29, 0.717) is 42.9 Å². The predicted molar refractivity (Wildman–Crippen MR) is 133 cm³/mol. The van der Waals surface area contributed by atoms with Gasteiger partial charge in [0.05, 0.1) is 14.2 Å². The lowest BCUT2D eigenvalue weighted by Gasteiger charge is -2.33. The Kier molecular flexibility index (Phi) is 6.47. The van der Waals surface area contributed by atoms with E-state index in [1.54, 1.807) is 14.2 Å². The van der Waals surface area contributed by atoms with Gasteiger partial charge in [0.25, 0.3) is 0 Å². The van der Waals surface area contributed by atoms with Crippen LogP contribution in [0.4, 0.5) is 0 Å². The van der Waals surface area contributed by atoms with Crippen LogP contribution in [0.1, 0.15) is 73.7 Å². The minimum atomic E-state index is -0.866. The molecular formula is C29H34O6. The van der Waals surface area contributed by atoms with Gasteiger partial charge in [-0.25, -0.2) is 0 Å². The number of rotatable bonds is 8. The Morgan fingerprint density at radius 1 is 0.914 bits per heavy atom. The molecule has 0 bridgehead atoms. The number of ketones is 1. The minimum absolute atomic E-state index is 0.156. The molecule has 35 heavy (non-hydrogen) atoms. The molecule has 0 spiro atoms. The standard InChI is InChI=1S/C29H34O6/c1-33-24-15-13-22(19-10-7-11-21-20(19)12-14-23(21)30)25(26(24)34-2)35-27(29(16-17-29)28(31)32)18-8-5-3-4-6-9-18/h7,10-11,13,15,18,27H,3-6,8-9,12,14,16-17H2,1-2H3,(H,31,32). The van der Waals surface area contributed by atoms with Crippen molar-refractivity contribution in [2.45, 2.75) is 70.3 Å². The maximum absolute atomic E-state index is 12.5. The van der Waals surface area contributed by atoms with Crippen molar-refractivity contribution >= 4 is 11.8 Å². The van der Waals surface area contributed by atoms with Crippen LogP contribution < -0.4 is 14.2 Å². The van der Waals surface area contributed by atoms with Crippen molar-refractivity contribution in [1.82, 2.24) is 0 Å². The van der Waals surface area contributed by atoms with Gasteiger partial charge in [-0.2, -0.15) is 0 Å². The highest BCUT2D eigenvalue weighted by Gasteiger charge is 2.60. The summed E-state index contributed by atoms with van der Waals surface area (Å²) >= 11 is 0. The quantitative estimate of drug-likeness (QED) is 0.463. The summed E-state index contributed by atoms with van der Waals surface area (Å²) in [7, 11) is 3.17. The monoisotopic (exact) mass is 478 g/mol. The molecule has 0 radical (unpaired) electrons. The van der Waals surface area contributed by atoms with Crippen molar-refractivity contribution in [3.63, 3.8) is 0 Å². The van der Waals surface area contributed by atoms with E-state index >= 15 is 0 Å². The number of carbonyl (C=O) groups is 2. The number of aliphatic carboxylic acids is 1. The summed E-state index contributed by atoms with van der Waals surface area (Å²) in [6.07, 6.45) is 8.48. The number of carboxylic acids is 1. The lowest BCUT2D eigenvalue weighted by Crippen LogP contribution is -2.41. The topological polar surface area (TPSA) is 82.1 Å². The van der Waals surface area contributed by atoms with E-state index in [0.717, 1.165) is 47.9 Å². The van der Waals surface area contributed by atoms with Crippen LogP contribution >= 0.6 is 0 Å². The summed E-state index contributed by atoms with van der Waals surface area (Å²) in [6, 6.07) is 9.59. The van der Waals surface area contributed by atoms with Crippen LogP contribution in [0.5, 0.6) is 17.2 Å². The van der Waals surface area contributed by atoms with E-state index < -0.39 is 17.5 Å². The van der Waals surface area contributed by atoms with Crippen molar-refractivity contribution in [1.29, 1.82) is 0 Å². The Hall–Kier alpha value is -3.02. The molecule has 3 aliphatic rings. The second kappa shape index (κ2) is 9.56. The van der Waals surface area contributed by atoms with Gasteiger partial charge in [-0.1, -0.05) is 43.9 Å². The normalized spacial score (nSPS) is 20.0. The first kappa shape index (κ1) is 23.7. The third-order valence-corrected chi connectivity index (χ3v) is 8.20. The van der Waals surface area contributed by atoms with Gasteiger partial charge in [0.15, 0.2) is 17.3 Å². The van der Waals surface area contributed by atoms with E-state index in [4.69, 9.17) is 14.2 Å². The highest BCUT2D eigenvalue weighted by Crippen LogP contribution is 2.56. The molecule has 186 valence electrons. The molecule has 1 unspecified atom stereocenters. The Morgan fingerprint density at radius 2 is 1.63 bits per heavy atom. The number of benzene rings is 2. The average Bonchev–Trinajstić information content (AvgIpc) is 3.65. The molecule has 2 fully saturated rings. The Balaban J connectivity index is 1.65. The fourth-order valence-electron chi connectivity index (χ4n) is 6.13. The molecule has 3 aliphatic carbocycles. The smallest absolute Gasteiger partial charge is 0.313 e. The average molecular weight is 479 g/mol. The van der Waals surface area contributed by atoms with Crippen LogP contribution in [0.15, 0.2) is 30.3 Å². The Morgan fingerprint density at radius 3 is 2.26 bits per heavy atom. The Bertz CT molecular complexity index is 1120. The van der Waals surface area contributed by atoms with Crippen molar-refractivity contribution in [2.24, 2.45) is 11.3 Å². The number of carboxylic acid groups (broad SMARTS) is 1. The lowest BCUT2D eigenvalue weighted by molar-refractivity contribution is -0.149. The van der Waals surface area contributed by atoms with Gasteiger partial charge in [-0.05, 0) is 61.3 Å². The second-order valence-electron chi connectivity index (χ2n) is 10.2. The van der Waals surface area contributed by atoms with E-state index in [2.05, 4.69) is 0 Å². The second-order valence-corrected chi connectivity index (χ2v) is 10.2. The number of hydrogen-bond acceptors (Lipinski definition) is 5. The third-order valence-electron chi connectivity index (χ3n) is 8.20. The molecule has 5 rings (SSSR count). The molecule has 0 aliphatic heterocycles. The summed E-state index contributed by atoms with van der Waals surface area (Å²) < 4.78 is 18.3. The zero-order valence-electron chi connectivity index (χ0n) is 20.6. The lowest BCUT2D eigenvalue weighted by atomic mass is 9.83. The van der Waals surface area contributed by atoms with E-state index in [1.165, 1.54) is 12.8 Å². The molecule has 2 saturated carbocycles. The number of hydrogen-bond donors (Lipinski definition) is 1. The zero-order chi connectivity index (χ0) is 24.6. The van der Waals surface area contributed by atoms with Gasteiger partial charge in [-0.15, -0.1) is 0 Å². The van der Waals surface area contributed by atoms with Crippen molar-refractivity contribution in [3.05, 3.63) is 41.5 Å². The Labute approximate surface area is 206 Å². The first-order valence-electron chi connectivity index (χ1n) is 12.8. The first-order chi connectivity index (χ1) is 17.0. The van der Waals surface area contributed by atoms with E-state index in [9.17, 15) is 14.7 Å². The fraction of sp³-hybridized carbons (Fsp3) is 0.517. The van der Waals surface area contributed by atoms with Crippen LogP contribution in [0.2, 0.25) is 0 Å². The van der Waals surface area contributed by atoms with Gasteiger partial charge < -0.3 is 19.3 Å². The van der Waals surface area contributed by atoms with E-state index in [1.807, 2.05) is 30.3 Å². The van der Waals surface area contributed by atoms with Gasteiger partial charge in [0.1, 0.15) is 11.5 Å². The largest absolute Gasteiger partial charge is 0.493 e. The summed E-state index contributed by atoms with van der Waals surface area (Å²) in [4.78, 5) is 24.9. The van der Waals surface area contributed by atoms with Gasteiger partial charge in [0.2, 0.25) is 5.75 Å². The number of ether oxygens (including phenoxy) is 3. The molecule has 6 nitrogen and oxygen atoms in total. The van der Waals surface area contributed by atoms with Gasteiger partial charge >= 0.3 is 5.97 Å². The van der Waals surface area contributed by atoms with Crippen LogP contribution in [0.25, 0.3) is 11.1 Å². The minimum Gasteiger partial charge on any atom is -0.493 e. The zero-order valence-corrected chi connectivity index (χ0v) is 20.6. The van der Waals surface area contributed by atoms with Gasteiger partial charge in [-0.3, -0.25) is 9.59 Å². The first-order valence-corrected chi connectivity index (χ1v) is 12.8. The highest BCUT2D eigenvalue weighted by molar-refractivity contribution is 6.02. The van der Waals surface area contributed by atoms with Crippen LogP contribution in [0, 0.1) is 11.3 Å². The number of carbonyl (C=O) groups excluding carboxylic acids is 1. The summed E-state index contributed by atoms with van der Waals surface area (Å²) in [5, 5.41) is 10.2. The maximum atomic E-state index is 12.5. The number of methoxy groups -OCH3 is 2. The van der Waals surface area contributed by atoms with E-state index in [-0.39, 0.29) is 11.7 Å². The molecule has 1 atom stereocenters. The van der Waals surface area contributed by atoms with Crippen molar-refractivity contribution < 1.29 is 28.9 Å². The summed E-state index contributed by atoms with van der Waals surface area (Å²) in [5.41, 5.74) is 2.65. The number of Topliss-reactive ketones (excluding diaryl/α,β-unsaturated/α-hetero) is 1.